The molecule has 7 nitrogen and oxygen atoms in total. The summed E-state index contributed by atoms with van der Waals surface area (Å²) in [5.41, 5.74) is 5.18. The molecule has 0 aliphatic rings. The van der Waals surface area contributed by atoms with Gasteiger partial charge in [-0.15, -0.1) is 0 Å². The number of hydrogen-bond donors (Lipinski definition) is 4. The van der Waals surface area contributed by atoms with Crippen LogP contribution in [0.4, 0.5) is 10.5 Å². The smallest absolute Gasteiger partial charge is 0.326 e. The molecule has 0 saturated carbocycles. The number of primary amides is 1. The summed E-state index contributed by atoms with van der Waals surface area (Å²) < 4.78 is 0. The van der Waals surface area contributed by atoms with E-state index >= 15 is 0 Å². The van der Waals surface area contributed by atoms with Crippen molar-refractivity contribution in [1.82, 2.24) is 5.32 Å². The van der Waals surface area contributed by atoms with Gasteiger partial charge in [0.1, 0.15) is 6.04 Å². The molecule has 0 aliphatic heterocycles. The molecule has 0 bridgehead atoms. The summed E-state index contributed by atoms with van der Waals surface area (Å²) in [6.45, 7) is 0. The number of aliphatic carboxylic acids is 1. The highest BCUT2D eigenvalue weighted by Crippen LogP contribution is 2.25. The van der Waals surface area contributed by atoms with Gasteiger partial charge >= 0.3 is 12.0 Å². The molecule has 0 radical (unpaired) electrons. The van der Waals surface area contributed by atoms with E-state index < -0.39 is 23.9 Å². The Hall–Kier alpha value is -1.99. The summed E-state index contributed by atoms with van der Waals surface area (Å²) in [6, 6.07) is 2.43. The minimum Gasteiger partial charge on any atom is -0.480 e. The average Bonchev–Trinajstić information content (AvgIpc) is 2.38. The molecular formula is C12H13Cl2N3O4. The van der Waals surface area contributed by atoms with Gasteiger partial charge in [-0.25, -0.2) is 9.59 Å². The molecule has 9 heteroatoms. The fourth-order valence-electron chi connectivity index (χ4n) is 1.45. The van der Waals surface area contributed by atoms with Crippen molar-refractivity contribution in [1.29, 1.82) is 0 Å². The Kier molecular flexibility index (Phi) is 6.26. The fraction of sp³-hybridized carbons (Fsp3) is 0.250. The molecule has 114 valence electrons. The van der Waals surface area contributed by atoms with Gasteiger partial charge in [0.15, 0.2) is 0 Å². The van der Waals surface area contributed by atoms with E-state index in [1.807, 2.05) is 0 Å². The van der Waals surface area contributed by atoms with Crippen molar-refractivity contribution in [2.75, 3.05) is 5.32 Å². The lowest BCUT2D eigenvalue weighted by Crippen LogP contribution is -2.43. The molecule has 0 fully saturated rings. The topological polar surface area (TPSA) is 122 Å². The highest BCUT2D eigenvalue weighted by Gasteiger charge is 2.20. The number of nitrogens with one attached hydrogen (secondary N) is 2. The van der Waals surface area contributed by atoms with E-state index in [1.165, 1.54) is 12.1 Å². The van der Waals surface area contributed by atoms with Crippen molar-refractivity contribution >= 4 is 46.8 Å². The van der Waals surface area contributed by atoms with Gasteiger partial charge in [-0.05, 0) is 24.6 Å². The Labute approximate surface area is 130 Å². The van der Waals surface area contributed by atoms with Gasteiger partial charge in [0.25, 0.3) is 0 Å². The molecule has 21 heavy (non-hydrogen) atoms. The molecule has 1 aromatic carbocycles. The van der Waals surface area contributed by atoms with Gasteiger partial charge < -0.3 is 21.5 Å². The molecule has 1 rings (SSSR count). The highest BCUT2D eigenvalue weighted by molar-refractivity contribution is 6.35. The Bertz CT molecular complexity index is 565. The zero-order valence-corrected chi connectivity index (χ0v) is 12.2. The van der Waals surface area contributed by atoms with Crippen LogP contribution in [-0.4, -0.2) is 29.1 Å². The first-order valence-electron chi connectivity index (χ1n) is 5.83. The first kappa shape index (κ1) is 17.1. The van der Waals surface area contributed by atoms with E-state index in [0.29, 0.717) is 5.02 Å². The third-order valence-corrected chi connectivity index (χ3v) is 3.02. The second kappa shape index (κ2) is 7.70. The first-order chi connectivity index (χ1) is 9.79. The Morgan fingerprint density at radius 2 is 1.95 bits per heavy atom. The lowest BCUT2D eigenvalue weighted by Gasteiger charge is -2.15. The zero-order valence-electron chi connectivity index (χ0n) is 10.7. The van der Waals surface area contributed by atoms with Crippen LogP contribution in [0.3, 0.4) is 0 Å². The van der Waals surface area contributed by atoms with Crippen LogP contribution in [0.15, 0.2) is 18.2 Å². The third kappa shape index (κ3) is 5.88. The number of benzene rings is 1. The van der Waals surface area contributed by atoms with Crippen LogP contribution in [0.5, 0.6) is 0 Å². The van der Waals surface area contributed by atoms with Crippen molar-refractivity contribution in [3.63, 3.8) is 0 Å². The lowest BCUT2D eigenvalue weighted by molar-refractivity contribution is -0.139. The number of rotatable bonds is 6. The number of nitrogens with two attached hydrogens (primary N) is 1. The molecule has 0 unspecified atom stereocenters. The number of halogens is 2. The molecule has 3 amide bonds. The van der Waals surface area contributed by atoms with Crippen LogP contribution in [0.25, 0.3) is 0 Å². The molecule has 1 atom stereocenters. The van der Waals surface area contributed by atoms with Crippen molar-refractivity contribution in [3.8, 4) is 0 Å². The molecule has 0 aromatic heterocycles. The summed E-state index contributed by atoms with van der Waals surface area (Å²) in [5, 5.41) is 14.2. The second-order valence-electron chi connectivity index (χ2n) is 4.12. The maximum absolute atomic E-state index is 11.7. The van der Waals surface area contributed by atoms with Gasteiger partial charge in [0.05, 0.1) is 10.7 Å². The maximum atomic E-state index is 11.7. The van der Waals surface area contributed by atoms with Crippen LogP contribution >= 0.6 is 23.2 Å². The Morgan fingerprint density at radius 3 is 2.52 bits per heavy atom. The number of carbonyl (C=O) groups is 3. The molecule has 1 aromatic rings. The van der Waals surface area contributed by atoms with Gasteiger partial charge in [0.2, 0.25) is 5.91 Å². The summed E-state index contributed by atoms with van der Waals surface area (Å²) in [6.07, 6.45) is -0.267. The average molecular weight is 334 g/mol. The number of carboxylic acids is 1. The van der Waals surface area contributed by atoms with Gasteiger partial charge in [-0.3, -0.25) is 4.79 Å². The van der Waals surface area contributed by atoms with Crippen LogP contribution in [0, 0.1) is 0 Å². The van der Waals surface area contributed by atoms with Gasteiger partial charge in [-0.1, -0.05) is 23.2 Å². The molecular weight excluding hydrogens is 321 g/mol. The van der Waals surface area contributed by atoms with E-state index in [2.05, 4.69) is 10.6 Å². The predicted molar refractivity (Wildman–Crippen MR) is 78.5 cm³/mol. The summed E-state index contributed by atoms with van der Waals surface area (Å²) in [7, 11) is 0. The maximum Gasteiger partial charge on any atom is 0.326 e. The number of hydrogen-bond acceptors (Lipinski definition) is 3. The minimum absolute atomic E-state index is 0.110. The van der Waals surface area contributed by atoms with E-state index in [9.17, 15) is 14.4 Å². The summed E-state index contributed by atoms with van der Waals surface area (Å²) in [4.78, 5) is 33.4. The number of urea groups is 1. The second-order valence-corrected chi connectivity index (χ2v) is 4.96. The molecule has 0 saturated heterocycles. The normalized spacial score (nSPS) is 11.5. The molecule has 5 N–H and O–H groups in total. The number of carbonyl (C=O) groups excluding carboxylic acids is 2. The van der Waals surface area contributed by atoms with Crippen molar-refractivity contribution < 1.29 is 19.5 Å². The summed E-state index contributed by atoms with van der Waals surface area (Å²) in [5.74, 6) is -1.93. The third-order valence-electron chi connectivity index (χ3n) is 2.46. The number of amides is 3. The van der Waals surface area contributed by atoms with Crippen molar-refractivity contribution in [2.45, 2.75) is 18.9 Å². The van der Waals surface area contributed by atoms with Crippen molar-refractivity contribution in [2.24, 2.45) is 5.73 Å². The van der Waals surface area contributed by atoms with E-state index in [4.69, 9.17) is 34.0 Å². The quantitative estimate of drug-likeness (QED) is 0.634. The van der Waals surface area contributed by atoms with Crippen LogP contribution in [-0.2, 0) is 9.59 Å². The number of carboxylic acid groups (broad SMARTS) is 1. The molecule has 0 heterocycles. The first-order valence-corrected chi connectivity index (χ1v) is 6.59. The van der Waals surface area contributed by atoms with E-state index in [1.54, 1.807) is 6.07 Å². The van der Waals surface area contributed by atoms with E-state index in [0.717, 1.165) is 0 Å². The highest BCUT2D eigenvalue weighted by atomic mass is 35.5. The van der Waals surface area contributed by atoms with Gasteiger partial charge in [-0.2, -0.15) is 0 Å². The fourth-order valence-corrected chi connectivity index (χ4v) is 1.79. The minimum atomic E-state index is -1.27. The lowest BCUT2D eigenvalue weighted by atomic mass is 10.1. The Morgan fingerprint density at radius 1 is 1.29 bits per heavy atom. The van der Waals surface area contributed by atoms with E-state index in [-0.39, 0.29) is 23.6 Å². The van der Waals surface area contributed by atoms with Crippen LogP contribution < -0.4 is 16.4 Å². The SMILES string of the molecule is NC(=O)CC[C@@H](NC(=O)Nc1cc(Cl)ccc1Cl)C(=O)O. The zero-order chi connectivity index (χ0) is 16.0. The van der Waals surface area contributed by atoms with Crippen molar-refractivity contribution in [3.05, 3.63) is 28.2 Å². The molecule has 0 spiro atoms. The Balaban J connectivity index is 2.67. The standard InChI is InChI=1S/C12H13Cl2N3O4/c13-6-1-2-7(14)9(5-6)17-12(21)16-8(11(19)20)3-4-10(15)18/h1-2,5,8H,3-4H2,(H2,15,18)(H,19,20)(H2,16,17,21)/t8-/m1/s1. The monoisotopic (exact) mass is 333 g/mol. The largest absolute Gasteiger partial charge is 0.480 e. The molecule has 0 aliphatic carbocycles. The van der Waals surface area contributed by atoms with Crippen LogP contribution in [0.2, 0.25) is 10.0 Å². The van der Waals surface area contributed by atoms with Crippen LogP contribution in [0.1, 0.15) is 12.8 Å². The number of anilines is 1. The summed E-state index contributed by atoms with van der Waals surface area (Å²) >= 11 is 11.6. The van der Waals surface area contributed by atoms with Gasteiger partial charge in [0, 0.05) is 11.4 Å². The predicted octanol–water partition coefficient (Wildman–Crippen LogP) is 1.83.